The first-order valence-corrected chi connectivity index (χ1v) is 7.96. The predicted molar refractivity (Wildman–Crippen MR) is 89.2 cm³/mol. The van der Waals surface area contributed by atoms with Crippen LogP contribution in [0, 0.1) is 20.8 Å². The number of benzene rings is 1. The molecule has 1 heterocycles. The summed E-state index contributed by atoms with van der Waals surface area (Å²) in [6.07, 6.45) is -0.221. The van der Waals surface area contributed by atoms with E-state index in [0.29, 0.717) is 13.1 Å². The quantitative estimate of drug-likeness (QED) is 0.863. The molecule has 0 aliphatic carbocycles. The highest BCUT2D eigenvalue weighted by Crippen LogP contribution is 2.26. The van der Waals surface area contributed by atoms with Crippen molar-refractivity contribution in [2.75, 3.05) is 19.6 Å². The zero-order valence-corrected chi connectivity index (χ0v) is 14.6. The third-order valence-corrected chi connectivity index (χ3v) is 3.91. The summed E-state index contributed by atoms with van der Waals surface area (Å²) in [7, 11) is 0. The molecule has 1 atom stereocenters. The number of carbonyl (C=O) groups is 1. The van der Waals surface area contributed by atoms with Crippen molar-refractivity contribution in [1.82, 2.24) is 10.2 Å². The number of rotatable bonds is 1. The van der Waals surface area contributed by atoms with Crippen LogP contribution in [0.25, 0.3) is 0 Å². The summed E-state index contributed by atoms with van der Waals surface area (Å²) in [5, 5.41) is 3.53. The number of nitrogens with one attached hydrogen (secondary N) is 1. The number of ether oxygens (including phenoxy) is 1. The van der Waals surface area contributed by atoms with E-state index in [1.165, 1.54) is 22.3 Å². The van der Waals surface area contributed by atoms with E-state index in [-0.39, 0.29) is 12.1 Å². The molecule has 1 amide bonds. The third-order valence-electron chi connectivity index (χ3n) is 3.91. The number of carbonyl (C=O) groups excluding carboxylic acids is 1. The van der Waals surface area contributed by atoms with E-state index in [4.69, 9.17) is 4.74 Å². The van der Waals surface area contributed by atoms with E-state index in [1.54, 1.807) is 0 Å². The topological polar surface area (TPSA) is 41.6 Å². The third kappa shape index (κ3) is 4.01. The molecule has 0 spiro atoms. The second-order valence-electron chi connectivity index (χ2n) is 7.25. The molecule has 1 fully saturated rings. The van der Waals surface area contributed by atoms with Gasteiger partial charge in [-0.05, 0) is 58.2 Å². The first-order valence-electron chi connectivity index (χ1n) is 7.96. The summed E-state index contributed by atoms with van der Waals surface area (Å²) < 4.78 is 5.50. The Labute approximate surface area is 133 Å². The lowest BCUT2D eigenvalue weighted by atomic mass is 9.93. The SMILES string of the molecule is Cc1cc(C)c([C@@H]2CN(C(=O)OC(C)(C)C)CCN2)c(C)c1. The van der Waals surface area contributed by atoms with Gasteiger partial charge in [-0.25, -0.2) is 4.79 Å². The minimum absolute atomic E-state index is 0.168. The molecular formula is C18H28N2O2. The number of piperazine rings is 1. The van der Waals surface area contributed by atoms with E-state index in [1.807, 2.05) is 25.7 Å². The van der Waals surface area contributed by atoms with Crippen molar-refractivity contribution >= 4 is 6.09 Å². The number of nitrogens with zero attached hydrogens (tertiary/aromatic N) is 1. The highest BCUT2D eigenvalue weighted by Gasteiger charge is 2.29. The van der Waals surface area contributed by atoms with E-state index >= 15 is 0 Å². The van der Waals surface area contributed by atoms with Gasteiger partial charge in [-0.15, -0.1) is 0 Å². The molecule has 0 radical (unpaired) electrons. The van der Waals surface area contributed by atoms with Gasteiger partial charge in [0.1, 0.15) is 5.60 Å². The molecule has 1 aliphatic heterocycles. The lowest BCUT2D eigenvalue weighted by Crippen LogP contribution is -2.50. The molecule has 0 unspecified atom stereocenters. The molecule has 1 N–H and O–H groups in total. The fourth-order valence-electron chi connectivity index (χ4n) is 3.18. The second kappa shape index (κ2) is 6.29. The van der Waals surface area contributed by atoms with Crippen LogP contribution in [0.4, 0.5) is 4.79 Å². The van der Waals surface area contributed by atoms with Gasteiger partial charge in [-0.3, -0.25) is 0 Å². The van der Waals surface area contributed by atoms with Crippen LogP contribution in [0.2, 0.25) is 0 Å². The van der Waals surface area contributed by atoms with E-state index in [9.17, 15) is 4.79 Å². The highest BCUT2D eigenvalue weighted by molar-refractivity contribution is 5.68. The van der Waals surface area contributed by atoms with Crippen molar-refractivity contribution in [2.24, 2.45) is 0 Å². The monoisotopic (exact) mass is 304 g/mol. The molecule has 0 aromatic heterocycles. The molecule has 0 bridgehead atoms. The average Bonchev–Trinajstić information content (AvgIpc) is 2.35. The van der Waals surface area contributed by atoms with Gasteiger partial charge in [0.15, 0.2) is 0 Å². The maximum Gasteiger partial charge on any atom is 0.410 e. The lowest BCUT2D eigenvalue weighted by molar-refractivity contribution is 0.0194. The molecule has 2 rings (SSSR count). The Hall–Kier alpha value is -1.55. The Morgan fingerprint density at radius 1 is 1.23 bits per heavy atom. The zero-order valence-electron chi connectivity index (χ0n) is 14.6. The van der Waals surface area contributed by atoms with Gasteiger partial charge in [0, 0.05) is 19.6 Å². The van der Waals surface area contributed by atoms with E-state index in [0.717, 1.165) is 6.54 Å². The van der Waals surface area contributed by atoms with Crippen molar-refractivity contribution in [3.05, 3.63) is 34.4 Å². The molecule has 22 heavy (non-hydrogen) atoms. The van der Waals surface area contributed by atoms with Crippen LogP contribution in [-0.2, 0) is 4.74 Å². The van der Waals surface area contributed by atoms with Gasteiger partial charge in [-0.1, -0.05) is 17.7 Å². The average molecular weight is 304 g/mol. The maximum absolute atomic E-state index is 12.3. The number of hydrogen-bond acceptors (Lipinski definition) is 3. The normalized spacial score (nSPS) is 19.2. The van der Waals surface area contributed by atoms with Crippen molar-refractivity contribution in [1.29, 1.82) is 0 Å². The molecule has 0 saturated carbocycles. The Kier molecular flexibility index (Phi) is 4.81. The van der Waals surface area contributed by atoms with Crippen molar-refractivity contribution in [3.8, 4) is 0 Å². The van der Waals surface area contributed by atoms with Gasteiger partial charge in [-0.2, -0.15) is 0 Å². The smallest absolute Gasteiger partial charge is 0.410 e. The molecule has 1 aliphatic rings. The zero-order chi connectivity index (χ0) is 16.5. The molecule has 1 saturated heterocycles. The van der Waals surface area contributed by atoms with Crippen LogP contribution in [0.15, 0.2) is 12.1 Å². The number of amides is 1. The van der Waals surface area contributed by atoms with Crippen molar-refractivity contribution in [3.63, 3.8) is 0 Å². The molecule has 1 aromatic carbocycles. The van der Waals surface area contributed by atoms with Crippen LogP contribution in [-0.4, -0.2) is 36.2 Å². The van der Waals surface area contributed by atoms with Crippen LogP contribution in [0.1, 0.15) is 49.1 Å². The van der Waals surface area contributed by atoms with Gasteiger partial charge in [0.05, 0.1) is 6.04 Å². The first-order chi connectivity index (χ1) is 10.2. The predicted octanol–water partition coefficient (Wildman–Crippen LogP) is 3.49. The van der Waals surface area contributed by atoms with E-state index in [2.05, 4.69) is 38.2 Å². The lowest BCUT2D eigenvalue weighted by Gasteiger charge is -2.36. The molecule has 122 valence electrons. The summed E-state index contributed by atoms with van der Waals surface area (Å²) in [5.41, 5.74) is 4.69. The van der Waals surface area contributed by atoms with Crippen LogP contribution >= 0.6 is 0 Å². The molecule has 1 aromatic rings. The van der Waals surface area contributed by atoms with Crippen molar-refractivity contribution < 1.29 is 9.53 Å². The minimum atomic E-state index is -0.451. The summed E-state index contributed by atoms with van der Waals surface area (Å²) in [6, 6.07) is 4.58. The summed E-state index contributed by atoms with van der Waals surface area (Å²) in [5.74, 6) is 0. The Morgan fingerprint density at radius 3 is 2.36 bits per heavy atom. The van der Waals surface area contributed by atoms with Gasteiger partial charge >= 0.3 is 6.09 Å². The first kappa shape index (κ1) is 16.8. The van der Waals surface area contributed by atoms with Gasteiger partial charge < -0.3 is 15.0 Å². The molecular weight excluding hydrogens is 276 g/mol. The fourth-order valence-corrected chi connectivity index (χ4v) is 3.18. The van der Waals surface area contributed by atoms with Gasteiger partial charge in [0.25, 0.3) is 0 Å². The number of hydrogen-bond donors (Lipinski definition) is 1. The minimum Gasteiger partial charge on any atom is -0.444 e. The molecule has 4 nitrogen and oxygen atoms in total. The Bertz CT molecular complexity index is 538. The summed E-state index contributed by atoms with van der Waals surface area (Å²) >= 11 is 0. The van der Waals surface area contributed by atoms with Gasteiger partial charge in [0.2, 0.25) is 0 Å². The summed E-state index contributed by atoms with van der Waals surface area (Å²) in [6.45, 7) is 14.2. The van der Waals surface area contributed by atoms with Crippen molar-refractivity contribution in [2.45, 2.75) is 53.2 Å². The Balaban J connectivity index is 2.16. The largest absolute Gasteiger partial charge is 0.444 e. The van der Waals surface area contributed by atoms with Crippen LogP contribution in [0.3, 0.4) is 0 Å². The summed E-state index contributed by atoms with van der Waals surface area (Å²) in [4.78, 5) is 14.1. The second-order valence-corrected chi connectivity index (χ2v) is 7.25. The number of aryl methyl sites for hydroxylation is 3. The van der Waals surface area contributed by atoms with E-state index < -0.39 is 5.60 Å². The standard InChI is InChI=1S/C18H28N2O2/c1-12-9-13(2)16(14(3)10-12)15-11-20(8-7-19-15)17(21)22-18(4,5)6/h9-10,15,19H,7-8,11H2,1-6H3/t15-/m0/s1. The van der Waals surface area contributed by atoms with Crippen LogP contribution < -0.4 is 5.32 Å². The van der Waals surface area contributed by atoms with Crippen LogP contribution in [0.5, 0.6) is 0 Å². The maximum atomic E-state index is 12.3. The fraction of sp³-hybridized carbons (Fsp3) is 0.611. The highest BCUT2D eigenvalue weighted by atomic mass is 16.6. The Morgan fingerprint density at radius 2 is 1.82 bits per heavy atom. The molecule has 4 heteroatoms.